The van der Waals surface area contributed by atoms with E-state index in [0.717, 1.165) is 11.1 Å². The van der Waals surface area contributed by atoms with Crippen LogP contribution in [0.25, 0.3) is 0 Å². The molecule has 3 rings (SSSR count). The molecular weight excluding hydrogens is 312 g/mol. The maximum Gasteiger partial charge on any atom is 0.340 e. The summed E-state index contributed by atoms with van der Waals surface area (Å²) in [5.74, 6) is 0.555. The zero-order valence-electron chi connectivity index (χ0n) is 12.6. The number of rotatable bonds is 5. The van der Waals surface area contributed by atoms with Crippen molar-refractivity contribution in [3.05, 3.63) is 86.6 Å². The number of aryl methyl sites for hydroxylation is 1. The van der Waals surface area contributed by atoms with Crippen molar-refractivity contribution in [1.82, 2.24) is 20.5 Å². The van der Waals surface area contributed by atoms with Crippen LogP contribution < -0.4 is 11.0 Å². The van der Waals surface area contributed by atoms with Gasteiger partial charge in [0.2, 0.25) is 0 Å². The van der Waals surface area contributed by atoms with Crippen LogP contribution in [0, 0.1) is 6.92 Å². The smallest absolute Gasteiger partial charge is 0.299 e. The zero-order chi connectivity index (χ0) is 16.2. The third-order valence-electron chi connectivity index (χ3n) is 3.65. The number of benzene rings is 2. The average molecular weight is 329 g/mol. The first-order chi connectivity index (χ1) is 11.1. The van der Waals surface area contributed by atoms with Crippen LogP contribution in [0.1, 0.15) is 28.6 Å². The van der Waals surface area contributed by atoms with Crippen molar-refractivity contribution in [1.29, 1.82) is 0 Å². The predicted molar refractivity (Wildman–Crippen MR) is 90.5 cm³/mol. The number of aromatic amines is 2. The Hall–Kier alpha value is -2.37. The molecule has 1 atom stereocenters. The van der Waals surface area contributed by atoms with Gasteiger partial charge >= 0.3 is 5.69 Å². The maximum absolute atomic E-state index is 11.1. The van der Waals surface area contributed by atoms with Crippen molar-refractivity contribution in [2.45, 2.75) is 19.5 Å². The quantitative estimate of drug-likeness (QED) is 0.674. The van der Waals surface area contributed by atoms with Gasteiger partial charge in [0, 0.05) is 5.02 Å². The van der Waals surface area contributed by atoms with Crippen LogP contribution in [0.2, 0.25) is 5.02 Å². The summed E-state index contributed by atoms with van der Waals surface area (Å²) in [7, 11) is 0. The van der Waals surface area contributed by atoms with Gasteiger partial charge in [-0.25, -0.2) is 9.89 Å². The molecule has 5 nitrogen and oxygen atoms in total. The molecule has 0 aliphatic carbocycles. The number of nitrogens with zero attached hydrogens (tertiary/aromatic N) is 1. The summed E-state index contributed by atoms with van der Waals surface area (Å²) >= 11 is 6.37. The van der Waals surface area contributed by atoms with Crippen molar-refractivity contribution in [3.63, 3.8) is 0 Å². The van der Waals surface area contributed by atoms with E-state index in [2.05, 4.69) is 51.7 Å². The largest absolute Gasteiger partial charge is 0.340 e. The molecule has 0 amide bonds. The zero-order valence-corrected chi connectivity index (χ0v) is 13.4. The fourth-order valence-corrected chi connectivity index (χ4v) is 2.71. The number of nitrogens with one attached hydrogen (secondary N) is 3. The van der Waals surface area contributed by atoms with Crippen LogP contribution in [0.3, 0.4) is 0 Å². The summed E-state index contributed by atoms with van der Waals surface area (Å²) in [6.07, 6.45) is 0. The van der Waals surface area contributed by atoms with Gasteiger partial charge in [0.1, 0.15) is 5.82 Å². The number of halogens is 1. The molecule has 118 valence electrons. The molecule has 3 N–H and O–H groups in total. The van der Waals surface area contributed by atoms with E-state index in [1.54, 1.807) is 0 Å². The molecule has 0 aliphatic heterocycles. The number of hydrogen-bond acceptors (Lipinski definition) is 3. The Morgan fingerprint density at radius 1 is 1.17 bits per heavy atom. The first-order valence-corrected chi connectivity index (χ1v) is 7.69. The van der Waals surface area contributed by atoms with Gasteiger partial charge in [-0.2, -0.15) is 5.10 Å². The number of H-pyrrole nitrogens is 2. The summed E-state index contributed by atoms with van der Waals surface area (Å²) in [6, 6.07) is 15.9. The molecule has 0 radical (unpaired) electrons. The minimum atomic E-state index is -0.313. The summed E-state index contributed by atoms with van der Waals surface area (Å²) in [5, 5.41) is 10.4. The van der Waals surface area contributed by atoms with Crippen molar-refractivity contribution in [2.75, 3.05) is 0 Å². The Labute approximate surface area is 138 Å². The molecule has 0 unspecified atom stereocenters. The number of hydrogen-bond donors (Lipinski definition) is 3. The summed E-state index contributed by atoms with van der Waals surface area (Å²) in [5.41, 5.74) is 2.97. The minimum Gasteiger partial charge on any atom is -0.299 e. The lowest BCUT2D eigenvalue weighted by atomic mass is 9.97. The molecule has 0 saturated carbocycles. The Morgan fingerprint density at radius 3 is 2.57 bits per heavy atom. The van der Waals surface area contributed by atoms with E-state index < -0.39 is 0 Å². The van der Waals surface area contributed by atoms with Gasteiger partial charge in [-0.3, -0.25) is 10.3 Å². The molecule has 3 aromatic rings. The highest BCUT2D eigenvalue weighted by atomic mass is 35.5. The van der Waals surface area contributed by atoms with Crippen LogP contribution in [0.4, 0.5) is 0 Å². The van der Waals surface area contributed by atoms with Crippen LogP contribution in [0.15, 0.2) is 53.3 Å². The van der Waals surface area contributed by atoms with Crippen LogP contribution in [0.5, 0.6) is 0 Å². The molecule has 2 aromatic carbocycles. The van der Waals surface area contributed by atoms with Crippen molar-refractivity contribution < 1.29 is 0 Å². The number of aromatic nitrogens is 3. The van der Waals surface area contributed by atoms with E-state index in [-0.39, 0.29) is 11.7 Å². The average Bonchev–Trinajstić information content (AvgIpc) is 2.96. The van der Waals surface area contributed by atoms with E-state index in [1.807, 2.05) is 24.3 Å². The second-order valence-corrected chi connectivity index (χ2v) is 5.78. The Kier molecular flexibility index (Phi) is 4.60. The Balaban J connectivity index is 1.91. The van der Waals surface area contributed by atoms with E-state index in [9.17, 15) is 4.79 Å². The maximum atomic E-state index is 11.1. The summed E-state index contributed by atoms with van der Waals surface area (Å²) in [4.78, 5) is 13.8. The molecule has 0 fully saturated rings. The highest BCUT2D eigenvalue weighted by Crippen LogP contribution is 2.28. The highest BCUT2D eigenvalue weighted by molar-refractivity contribution is 6.31. The normalized spacial score (nSPS) is 12.3. The highest BCUT2D eigenvalue weighted by Gasteiger charge is 2.17. The Morgan fingerprint density at radius 2 is 1.91 bits per heavy atom. The molecule has 23 heavy (non-hydrogen) atoms. The fourth-order valence-electron chi connectivity index (χ4n) is 2.46. The Bertz CT molecular complexity index is 838. The lowest BCUT2D eigenvalue weighted by Gasteiger charge is -2.20. The molecule has 0 saturated heterocycles. The van der Waals surface area contributed by atoms with Gasteiger partial charge in [0.15, 0.2) is 0 Å². The van der Waals surface area contributed by atoms with Crippen LogP contribution >= 0.6 is 11.6 Å². The molecule has 6 heteroatoms. The van der Waals surface area contributed by atoms with Crippen molar-refractivity contribution in [2.24, 2.45) is 0 Å². The van der Waals surface area contributed by atoms with Crippen molar-refractivity contribution in [3.8, 4) is 0 Å². The van der Waals surface area contributed by atoms with Crippen LogP contribution in [-0.2, 0) is 6.54 Å². The van der Waals surface area contributed by atoms with Gasteiger partial charge < -0.3 is 0 Å². The molecular formula is C17H17ClN4O. The molecule has 1 heterocycles. The van der Waals surface area contributed by atoms with Crippen molar-refractivity contribution >= 4 is 11.6 Å². The SMILES string of the molecule is Cc1ccc([C@@H](NCc2n[nH]c(=O)[nH]2)c2ccccc2Cl)cc1. The minimum absolute atomic E-state index is 0.0931. The van der Waals surface area contributed by atoms with Gasteiger partial charge in [-0.1, -0.05) is 59.6 Å². The monoisotopic (exact) mass is 328 g/mol. The van der Waals surface area contributed by atoms with E-state index in [0.29, 0.717) is 17.4 Å². The molecule has 0 aliphatic rings. The third kappa shape index (κ3) is 3.70. The van der Waals surface area contributed by atoms with E-state index in [1.165, 1.54) is 5.56 Å². The molecule has 0 bridgehead atoms. The molecule has 1 aromatic heterocycles. The lowest BCUT2D eigenvalue weighted by Crippen LogP contribution is -2.23. The van der Waals surface area contributed by atoms with Gasteiger partial charge in [-0.05, 0) is 24.1 Å². The van der Waals surface area contributed by atoms with E-state index in [4.69, 9.17) is 11.6 Å². The fraction of sp³-hybridized carbons (Fsp3) is 0.176. The third-order valence-corrected chi connectivity index (χ3v) is 3.99. The second kappa shape index (κ2) is 6.81. The standard InChI is InChI=1S/C17H17ClN4O/c1-11-6-8-12(9-7-11)16(13-4-2-3-5-14(13)18)19-10-15-20-17(23)22-21-15/h2-9,16,19H,10H2,1H3,(H2,20,21,22,23)/t16-/m1/s1. The van der Waals surface area contributed by atoms with E-state index >= 15 is 0 Å². The predicted octanol–water partition coefficient (Wildman–Crippen LogP) is 2.94. The first kappa shape index (κ1) is 15.5. The summed E-state index contributed by atoms with van der Waals surface area (Å²) < 4.78 is 0. The van der Waals surface area contributed by atoms with Crippen LogP contribution in [-0.4, -0.2) is 15.2 Å². The molecule has 0 spiro atoms. The van der Waals surface area contributed by atoms with Gasteiger partial charge in [0.05, 0.1) is 12.6 Å². The topological polar surface area (TPSA) is 73.6 Å². The second-order valence-electron chi connectivity index (χ2n) is 5.37. The van der Waals surface area contributed by atoms with Gasteiger partial charge in [-0.15, -0.1) is 0 Å². The van der Waals surface area contributed by atoms with Gasteiger partial charge in [0.25, 0.3) is 0 Å². The first-order valence-electron chi connectivity index (χ1n) is 7.31. The summed E-state index contributed by atoms with van der Waals surface area (Å²) in [6.45, 7) is 2.47. The lowest BCUT2D eigenvalue weighted by molar-refractivity contribution is 0.588.